The van der Waals surface area contributed by atoms with Crippen molar-refractivity contribution in [1.82, 2.24) is 25.2 Å². The largest absolute Gasteiger partial charge is 0.341 e. The predicted octanol–water partition coefficient (Wildman–Crippen LogP) is 3.35. The number of carbonyl (C=O) groups is 1. The third kappa shape index (κ3) is 4.48. The van der Waals surface area contributed by atoms with E-state index in [1.54, 1.807) is 18.0 Å². The maximum atomic E-state index is 12.9. The van der Waals surface area contributed by atoms with Gasteiger partial charge in [-0.3, -0.25) is 9.78 Å². The molecule has 1 aliphatic heterocycles. The maximum Gasteiger partial charge on any atom is 0.233 e. The highest BCUT2D eigenvalue weighted by Crippen LogP contribution is 2.29. The molecule has 3 aromatic rings. The van der Waals surface area contributed by atoms with Gasteiger partial charge < -0.3 is 15.2 Å². The number of rotatable bonds is 5. The molecular weight excluding hydrogens is 394 g/mol. The van der Waals surface area contributed by atoms with E-state index < -0.39 is 0 Å². The number of hydrogen-bond donors (Lipinski definition) is 2. The molecule has 6 nitrogen and oxygen atoms in total. The molecule has 0 spiro atoms. The van der Waals surface area contributed by atoms with Crippen LogP contribution in [0.1, 0.15) is 29.6 Å². The summed E-state index contributed by atoms with van der Waals surface area (Å²) in [5.41, 5.74) is 3.07. The number of para-hydroxylation sites is 2. The number of fused-ring (bicyclic) bond motifs is 1. The number of pyridine rings is 1. The smallest absolute Gasteiger partial charge is 0.233 e. The molecule has 1 saturated heterocycles. The first-order valence-corrected chi connectivity index (χ1v) is 10.2. The molecule has 8 heteroatoms. The Morgan fingerprint density at radius 1 is 1.32 bits per heavy atom. The highest BCUT2D eigenvalue weighted by Gasteiger charge is 2.28. The Balaban J connectivity index is 0.00000225. The molecule has 3 heterocycles. The van der Waals surface area contributed by atoms with Gasteiger partial charge in [-0.15, -0.1) is 24.2 Å². The van der Waals surface area contributed by atoms with Gasteiger partial charge in [-0.2, -0.15) is 0 Å². The number of piperazine rings is 1. The molecule has 0 radical (unpaired) electrons. The van der Waals surface area contributed by atoms with Crippen LogP contribution >= 0.6 is 24.2 Å². The average Bonchev–Trinajstić information content (AvgIpc) is 3.17. The van der Waals surface area contributed by atoms with Crippen molar-refractivity contribution in [2.75, 3.05) is 25.4 Å². The lowest BCUT2D eigenvalue weighted by Gasteiger charge is -2.36. The number of carbonyl (C=O) groups excluding carboxylic acids is 1. The van der Waals surface area contributed by atoms with Crippen LogP contribution < -0.4 is 5.32 Å². The van der Waals surface area contributed by atoms with Crippen molar-refractivity contribution in [2.24, 2.45) is 0 Å². The van der Waals surface area contributed by atoms with E-state index in [0.29, 0.717) is 5.75 Å². The number of aromatic amines is 1. The molecule has 4 rings (SSSR count). The SMILES string of the molecule is CC(SCC(=O)N1CCNCC1c1cccnc1)c1nc2ccccc2[nH]1.Cl. The summed E-state index contributed by atoms with van der Waals surface area (Å²) in [6, 6.07) is 12.0. The molecule has 2 atom stereocenters. The lowest BCUT2D eigenvalue weighted by molar-refractivity contribution is -0.131. The monoisotopic (exact) mass is 417 g/mol. The number of thioether (sulfide) groups is 1. The zero-order valence-corrected chi connectivity index (χ0v) is 17.3. The second kappa shape index (κ2) is 9.41. The predicted molar refractivity (Wildman–Crippen MR) is 116 cm³/mol. The summed E-state index contributed by atoms with van der Waals surface area (Å²) < 4.78 is 0. The van der Waals surface area contributed by atoms with Gasteiger partial charge >= 0.3 is 0 Å². The summed E-state index contributed by atoms with van der Waals surface area (Å²) in [5.74, 6) is 1.52. The molecule has 148 valence electrons. The number of H-pyrrole nitrogens is 1. The minimum absolute atomic E-state index is 0. The van der Waals surface area contributed by atoms with Gasteiger partial charge in [0.2, 0.25) is 5.91 Å². The Hall–Kier alpha value is -2.09. The Labute approximate surface area is 174 Å². The molecule has 1 aliphatic rings. The molecule has 1 aromatic carbocycles. The van der Waals surface area contributed by atoms with Crippen molar-refractivity contribution in [3.8, 4) is 0 Å². The van der Waals surface area contributed by atoms with Crippen LogP contribution in [0.25, 0.3) is 11.0 Å². The highest BCUT2D eigenvalue weighted by molar-refractivity contribution is 8.00. The standard InChI is InChI=1S/C20H23N5OS.ClH/c1-14(20-23-16-6-2-3-7-17(16)24-20)27-13-19(26)25-10-9-22-12-18(25)15-5-4-8-21-11-15;/h2-8,11,14,18,22H,9-10,12-13H2,1H3,(H,23,24);1H. The summed E-state index contributed by atoms with van der Waals surface area (Å²) in [6.07, 6.45) is 3.61. The first kappa shape index (κ1) is 20.6. The molecule has 2 aromatic heterocycles. The first-order valence-electron chi connectivity index (χ1n) is 9.19. The van der Waals surface area contributed by atoms with Crippen LogP contribution in [0.5, 0.6) is 0 Å². The van der Waals surface area contributed by atoms with Gasteiger partial charge in [0.05, 0.1) is 28.1 Å². The normalized spacial score (nSPS) is 17.9. The minimum atomic E-state index is 0. The van der Waals surface area contributed by atoms with E-state index in [4.69, 9.17) is 0 Å². The molecule has 0 aliphatic carbocycles. The summed E-state index contributed by atoms with van der Waals surface area (Å²) >= 11 is 1.62. The number of amides is 1. The van der Waals surface area contributed by atoms with Crippen molar-refractivity contribution >= 4 is 41.1 Å². The molecular formula is C20H24ClN5OS. The van der Waals surface area contributed by atoms with Crippen LogP contribution in [0.15, 0.2) is 48.8 Å². The quantitative estimate of drug-likeness (QED) is 0.666. The van der Waals surface area contributed by atoms with Crippen molar-refractivity contribution in [1.29, 1.82) is 0 Å². The van der Waals surface area contributed by atoms with Crippen molar-refractivity contribution in [2.45, 2.75) is 18.2 Å². The zero-order valence-electron chi connectivity index (χ0n) is 15.7. The van der Waals surface area contributed by atoms with Gasteiger partial charge in [0, 0.05) is 32.0 Å². The van der Waals surface area contributed by atoms with Gasteiger partial charge in [0.1, 0.15) is 5.82 Å². The Kier molecular flexibility index (Phi) is 6.93. The van der Waals surface area contributed by atoms with Gasteiger partial charge in [0.15, 0.2) is 0 Å². The Morgan fingerprint density at radius 2 is 2.18 bits per heavy atom. The number of imidazole rings is 1. The van der Waals surface area contributed by atoms with E-state index in [9.17, 15) is 4.79 Å². The van der Waals surface area contributed by atoms with Crippen molar-refractivity contribution in [3.63, 3.8) is 0 Å². The number of benzene rings is 1. The van der Waals surface area contributed by atoms with Crippen molar-refractivity contribution in [3.05, 3.63) is 60.2 Å². The third-order valence-electron chi connectivity index (χ3n) is 4.88. The van der Waals surface area contributed by atoms with Crippen molar-refractivity contribution < 1.29 is 4.79 Å². The van der Waals surface area contributed by atoms with Crippen LogP contribution in [-0.4, -0.2) is 51.1 Å². The molecule has 1 amide bonds. The maximum absolute atomic E-state index is 12.9. The molecule has 2 N–H and O–H groups in total. The molecule has 0 saturated carbocycles. The fourth-order valence-corrected chi connectivity index (χ4v) is 4.22. The Bertz CT molecular complexity index is 886. The number of hydrogen-bond acceptors (Lipinski definition) is 5. The van der Waals surface area contributed by atoms with Crippen LogP contribution in [0, 0.1) is 0 Å². The molecule has 28 heavy (non-hydrogen) atoms. The second-order valence-corrected chi connectivity index (χ2v) is 8.01. The fraction of sp³-hybridized carbons (Fsp3) is 0.350. The fourth-order valence-electron chi connectivity index (χ4n) is 3.40. The van der Waals surface area contributed by atoms with Gasteiger partial charge in [0.25, 0.3) is 0 Å². The molecule has 2 unspecified atom stereocenters. The number of halogens is 1. The van der Waals surface area contributed by atoms with Crippen LogP contribution in [0.3, 0.4) is 0 Å². The van der Waals surface area contributed by atoms with E-state index in [1.165, 1.54) is 0 Å². The lowest BCUT2D eigenvalue weighted by Crippen LogP contribution is -2.49. The van der Waals surface area contributed by atoms with Gasteiger partial charge in [-0.1, -0.05) is 18.2 Å². The third-order valence-corrected chi connectivity index (χ3v) is 6.02. The Morgan fingerprint density at radius 3 is 2.96 bits per heavy atom. The van der Waals surface area contributed by atoms with Crippen LogP contribution in [-0.2, 0) is 4.79 Å². The molecule has 0 bridgehead atoms. The average molecular weight is 418 g/mol. The van der Waals surface area contributed by atoms with E-state index in [-0.39, 0.29) is 29.6 Å². The lowest BCUT2D eigenvalue weighted by atomic mass is 10.1. The topological polar surface area (TPSA) is 73.9 Å². The number of nitrogens with zero attached hydrogens (tertiary/aromatic N) is 3. The summed E-state index contributed by atoms with van der Waals surface area (Å²) in [7, 11) is 0. The van der Waals surface area contributed by atoms with Crippen LogP contribution in [0.4, 0.5) is 0 Å². The second-order valence-electron chi connectivity index (χ2n) is 6.69. The summed E-state index contributed by atoms with van der Waals surface area (Å²) in [5, 5.41) is 3.51. The van der Waals surface area contributed by atoms with Gasteiger partial charge in [-0.25, -0.2) is 4.98 Å². The minimum Gasteiger partial charge on any atom is -0.341 e. The number of nitrogens with one attached hydrogen (secondary N) is 2. The van der Waals surface area contributed by atoms with E-state index in [2.05, 4.69) is 27.2 Å². The van der Waals surface area contributed by atoms with E-state index in [0.717, 1.165) is 42.1 Å². The first-order chi connectivity index (χ1) is 13.2. The number of aromatic nitrogens is 3. The summed E-state index contributed by atoms with van der Waals surface area (Å²) in [4.78, 5) is 27.1. The summed E-state index contributed by atoms with van der Waals surface area (Å²) in [6.45, 7) is 4.40. The van der Waals surface area contributed by atoms with E-state index in [1.807, 2.05) is 47.5 Å². The highest BCUT2D eigenvalue weighted by atomic mass is 35.5. The zero-order chi connectivity index (χ0) is 18.6. The van der Waals surface area contributed by atoms with Gasteiger partial charge in [-0.05, 0) is 30.7 Å². The van der Waals surface area contributed by atoms with Crippen LogP contribution in [0.2, 0.25) is 0 Å². The van der Waals surface area contributed by atoms with E-state index >= 15 is 0 Å². The molecule has 1 fully saturated rings.